The molecule has 2 aromatic heterocycles. The van der Waals surface area contributed by atoms with Gasteiger partial charge in [-0.2, -0.15) is 0 Å². The van der Waals surface area contributed by atoms with Crippen molar-refractivity contribution in [2.24, 2.45) is 0 Å². The number of rotatable bonds is 1. The van der Waals surface area contributed by atoms with Crippen molar-refractivity contribution in [1.82, 2.24) is 4.98 Å². The Kier molecular flexibility index (Phi) is 2.26. The van der Waals surface area contributed by atoms with E-state index in [9.17, 15) is 0 Å². The van der Waals surface area contributed by atoms with Crippen LogP contribution in [-0.2, 0) is 0 Å². The number of hydrogen-bond donors (Lipinski definition) is 0. The van der Waals surface area contributed by atoms with Gasteiger partial charge in [0.15, 0.2) is 5.58 Å². The Morgan fingerprint density at radius 1 is 1.12 bits per heavy atom. The van der Waals surface area contributed by atoms with Gasteiger partial charge in [0.05, 0.1) is 6.20 Å². The summed E-state index contributed by atoms with van der Waals surface area (Å²) in [5.41, 5.74) is 1.88. The molecule has 0 aliphatic rings. The monoisotopic (exact) mass is 273 g/mol. The minimum absolute atomic E-state index is 0.817. The first-order valence-corrected chi connectivity index (χ1v) is 5.72. The molecule has 78 valence electrons. The molecule has 0 saturated heterocycles. The van der Waals surface area contributed by atoms with E-state index in [0.29, 0.717) is 0 Å². The van der Waals surface area contributed by atoms with Crippen molar-refractivity contribution in [3.8, 4) is 11.3 Å². The fourth-order valence-corrected chi connectivity index (χ4v) is 2.07. The van der Waals surface area contributed by atoms with Crippen molar-refractivity contribution in [1.29, 1.82) is 0 Å². The van der Waals surface area contributed by atoms with E-state index in [2.05, 4.69) is 20.9 Å². The molecular weight excluding hydrogens is 266 g/mol. The van der Waals surface area contributed by atoms with E-state index in [4.69, 9.17) is 4.42 Å². The molecule has 0 aliphatic carbocycles. The third-order valence-corrected chi connectivity index (χ3v) is 2.93. The fourth-order valence-electron chi connectivity index (χ4n) is 1.67. The van der Waals surface area contributed by atoms with Crippen molar-refractivity contribution in [3.05, 3.63) is 53.3 Å². The van der Waals surface area contributed by atoms with Gasteiger partial charge in [-0.25, -0.2) is 0 Å². The van der Waals surface area contributed by atoms with E-state index in [1.165, 1.54) is 0 Å². The summed E-state index contributed by atoms with van der Waals surface area (Å²) in [7, 11) is 0. The molecule has 0 aliphatic heterocycles. The zero-order valence-electron chi connectivity index (χ0n) is 8.35. The summed E-state index contributed by atoms with van der Waals surface area (Å²) >= 11 is 3.45. The minimum atomic E-state index is 0.817. The van der Waals surface area contributed by atoms with Gasteiger partial charge in [0.2, 0.25) is 0 Å². The second-order valence-electron chi connectivity index (χ2n) is 3.53. The van der Waals surface area contributed by atoms with Gasteiger partial charge in [0.25, 0.3) is 0 Å². The molecule has 3 heteroatoms. The highest BCUT2D eigenvalue weighted by Gasteiger charge is 2.05. The Morgan fingerprint density at radius 2 is 2.06 bits per heavy atom. The van der Waals surface area contributed by atoms with Gasteiger partial charge in [-0.3, -0.25) is 4.98 Å². The molecule has 1 aromatic carbocycles. The van der Waals surface area contributed by atoms with E-state index in [1.54, 1.807) is 12.4 Å². The Morgan fingerprint density at radius 3 is 2.88 bits per heavy atom. The van der Waals surface area contributed by atoms with E-state index >= 15 is 0 Å². The van der Waals surface area contributed by atoms with Crippen LogP contribution in [0.25, 0.3) is 22.3 Å². The van der Waals surface area contributed by atoms with Gasteiger partial charge in [-0.1, -0.05) is 28.1 Å². The Hall–Kier alpha value is -1.61. The van der Waals surface area contributed by atoms with Gasteiger partial charge in [0, 0.05) is 21.6 Å². The second kappa shape index (κ2) is 3.76. The molecule has 0 saturated carbocycles. The lowest BCUT2D eigenvalue weighted by molar-refractivity contribution is 0.630. The topological polar surface area (TPSA) is 26.0 Å². The second-order valence-corrected chi connectivity index (χ2v) is 4.45. The van der Waals surface area contributed by atoms with Crippen LogP contribution >= 0.6 is 15.9 Å². The molecule has 0 N–H and O–H groups in total. The third kappa shape index (κ3) is 1.63. The summed E-state index contributed by atoms with van der Waals surface area (Å²) < 4.78 is 6.77. The molecule has 0 radical (unpaired) electrons. The molecule has 16 heavy (non-hydrogen) atoms. The standard InChI is InChI=1S/C13H8BrNO/c14-11-3-1-2-9(6-11)12-7-10-4-5-15-8-13(10)16-12/h1-8H. The first-order chi connectivity index (χ1) is 7.83. The van der Waals surface area contributed by atoms with Gasteiger partial charge in [-0.05, 0) is 24.3 Å². The third-order valence-electron chi connectivity index (χ3n) is 2.43. The first-order valence-electron chi connectivity index (χ1n) is 4.92. The summed E-state index contributed by atoms with van der Waals surface area (Å²) in [6.45, 7) is 0. The highest BCUT2D eigenvalue weighted by atomic mass is 79.9. The number of furan rings is 1. The minimum Gasteiger partial charge on any atom is -0.454 e. The van der Waals surface area contributed by atoms with Crippen LogP contribution in [0.15, 0.2) is 57.7 Å². The summed E-state index contributed by atoms with van der Waals surface area (Å²) in [6, 6.07) is 12.0. The van der Waals surface area contributed by atoms with E-state index in [-0.39, 0.29) is 0 Å². The number of benzene rings is 1. The number of nitrogens with zero attached hydrogens (tertiary/aromatic N) is 1. The largest absolute Gasteiger partial charge is 0.454 e. The quantitative estimate of drug-likeness (QED) is 0.662. The number of fused-ring (bicyclic) bond motifs is 1. The molecule has 0 atom stereocenters. The van der Waals surface area contributed by atoms with Crippen molar-refractivity contribution in [3.63, 3.8) is 0 Å². The molecule has 0 unspecified atom stereocenters. The Bertz CT molecular complexity index is 612. The predicted molar refractivity (Wildman–Crippen MR) is 67.1 cm³/mol. The maximum atomic E-state index is 5.73. The van der Waals surface area contributed by atoms with E-state index < -0.39 is 0 Å². The molecule has 0 spiro atoms. The van der Waals surface area contributed by atoms with Crippen molar-refractivity contribution in [2.45, 2.75) is 0 Å². The lowest BCUT2D eigenvalue weighted by Crippen LogP contribution is -1.72. The summed E-state index contributed by atoms with van der Waals surface area (Å²) in [5, 5.41) is 1.07. The molecule has 0 amide bonds. The lowest BCUT2D eigenvalue weighted by Gasteiger charge is -1.96. The molecule has 0 fully saturated rings. The van der Waals surface area contributed by atoms with Gasteiger partial charge >= 0.3 is 0 Å². The van der Waals surface area contributed by atoms with Crippen LogP contribution in [0.5, 0.6) is 0 Å². The van der Waals surface area contributed by atoms with Crippen LogP contribution in [0.2, 0.25) is 0 Å². The van der Waals surface area contributed by atoms with Gasteiger partial charge in [-0.15, -0.1) is 0 Å². The van der Waals surface area contributed by atoms with Crippen LogP contribution in [-0.4, -0.2) is 4.98 Å². The predicted octanol–water partition coefficient (Wildman–Crippen LogP) is 4.26. The number of aromatic nitrogens is 1. The van der Waals surface area contributed by atoms with Crippen molar-refractivity contribution in [2.75, 3.05) is 0 Å². The lowest BCUT2D eigenvalue weighted by atomic mass is 10.2. The highest BCUT2D eigenvalue weighted by molar-refractivity contribution is 9.10. The zero-order chi connectivity index (χ0) is 11.0. The van der Waals surface area contributed by atoms with Gasteiger partial charge in [0.1, 0.15) is 5.76 Å². The number of pyridine rings is 1. The van der Waals surface area contributed by atoms with Crippen molar-refractivity contribution < 1.29 is 4.42 Å². The Balaban J connectivity index is 2.19. The van der Waals surface area contributed by atoms with Crippen LogP contribution in [0, 0.1) is 0 Å². The van der Waals surface area contributed by atoms with Crippen molar-refractivity contribution >= 4 is 26.9 Å². The van der Waals surface area contributed by atoms with Crippen LogP contribution in [0.3, 0.4) is 0 Å². The zero-order valence-corrected chi connectivity index (χ0v) is 9.94. The average Bonchev–Trinajstić information content (AvgIpc) is 2.72. The first kappa shape index (κ1) is 9.60. The molecular formula is C13H8BrNO. The van der Waals surface area contributed by atoms with Crippen LogP contribution in [0.4, 0.5) is 0 Å². The smallest absolute Gasteiger partial charge is 0.153 e. The van der Waals surface area contributed by atoms with Crippen LogP contribution < -0.4 is 0 Å². The number of halogens is 1. The Labute approximate surface area is 101 Å². The summed E-state index contributed by atoms with van der Waals surface area (Å²) in [6.07, 6.45) is 3.50. The maximum absolute atomic E-state index is 5.73. The van der Waals surface area contributed by atoms with Crippen LogP contribution in [0.1, 0.15) is 0 Å². The summed E-state index contributed by atoms with van der Waals surface area (Å²) in [4.78, 5) is 4.03. The van der Waals surface area contributed by atoms with E-state index in [1.807, 2.05) is 36.4 Å². The average molecular weight is 274 g/mol. The van der Waals surface area contributed by atoms with Gasteiger partial charge < -0.3 is 4.42 Å². The molecule has 3 aromatic rings. The molecule has 2 nitrogen and oxygen atoms in total. The molecule has 0 bridgehead atoms. The fraction of sp³-hybridized carbons (Fsp3) is 0. The van der Waals surface area contributed by atoms with E-state index in [0.717, 1.165) is 26.8 Å². The molecule has 3 rings (SSSR count). The maximum Gasteiger partial charge on any atom is 0.153 e. The SMILES string of the molecule is Brc1cccc(-c2cc3ccncc3o2)c1. The number of hydrogen-bond acceptors (Lipinski definition) is 2. The molecule has 2 heterocycles. The highest BCUT2D eigenvalue weighted by Crippen LogP contribution is 2.28. The summed E-state index contributed by atoms with van der Waals surface area (Å²) in [5.74, 6) is 0.865. The normalized spacial score (nSPS) is 10.8.